The molecule has 0 amide bonds. The van der Waals surface area contributed by atoms with Gasteiger partial charge in [-0.1, -0.05) is 0 Å². The fourth-order valence-electron chi connectivity index (χ4n) is 0.423. The molecule has 2 N–H and O–H groups in total. The molecule has 0 aliphatic heterocycles. The van der Waals surface area contributed by atoms with Crippen molar-refractivity contribution in [2.75, 3.05) is 0 Å². The summed E-state index contributed by atoms with van der Waals surface area (Å²) in [5.41, 5.74) is 0. The topological polar surface area (TPSA) is 74.6 Å². The molecule has 0 saturated carbocycles. The van der Waals surface area contributed by atoms with Crippen LogP contribution in [0.25, 0.3) is 0 Å². The fraction of sp³-hybridized carbons (Fsp3) is 0.667. The first-order valence-corrected chi connectivity index (χ1v) is 5.04. The molecule has 0 fully saturated rings. The first kappa shape index (κ1) is 10.5. The summed E-state index contributed by atoms with van der Waals surface area (Å²) < 4.78 is 0. The molecule has 4 nitrogen and oxygen atoms in total. The Hall–Kier alpha value is -0.541. The number of rotatable bonds is 4. The third-order valence-corrected chi connectivity index (χ3v) is 3.66. The zero-order chi connectivity index (χ0) is 9.02. The monoisotopic (exact) mass is 226 g/mol. The summed E-state index contributed by atoms with van der Waals surface area (Å²) in [6.45, 7) is 3.06. The minimum atomic E-state index is -0.918. The molecule has 0 bridgehead atoms. The van der Waals surface area contributed by atoms with Crippen molar-refractivity contribution in [2.24, 2.45) is 0 Å². The summed E-state index contributed by atoms with van der Waals surface area (Å²) in [7, 11) is 0. The average Bonchev–Trinajstić information content (AvgIpc) is 1.87. The Kier molecular flexibility index (Phi) is 4.15. The molecule has 2 atom stereocenters. The second-order valence-electron chi connectivity index (χ2n) is 2.10. The van der Waals surface area contributed by atoms with Crippen LogP contribution in [0.1, 0.15) is 13.8 Å². The van der Waals surface area contributed by atoms with Crippen molar-refractivity contribution in [3.8, 4) is 0 Å². The second kappa shape index (κ2) is 4.36. The van der Waals surface area contributed by atoms with Gasteiger partial charge in [0.1, 0.15) is 0 Å². The molecule has 5 heteroatoms. The molecule has 0 aromatic rings. The van der Waals surface area contributed by atoms with Gasteiger partial charge >= 0.3 is 70.2 Å². The number of aliphatic carboxylic acids is 2. The van der Waals surface area contributed by atoms with E-state index in [2.05, 4.69) is 0 Å². The van der Waals surface area contributed by atoms with Crippen LogP contribution in [0.5, 0.6) is 0 Å². The number of carboxylic acids is 2. The van der Waals surface area contributed by atoms with Gasteiger partial charge in [-0.15, -0.1) is 0 Å². The van der Waals surface area contributed by atoms with Crippen LogP contribution < -0.4 is 0 Å². The van der Waals surface area contributed by atoms with E-state index < -0.39 is 21.6 Å². The van der Waals surface area contributed by atoms with Gasteiger partial charge in [-0.05, 0) is 0 Å². The Morgan fingerprint density at radius 1 is 1.09 bits per heavy atom. The summed E-state index contributed by atoms with van der Waals surface area (Å²) in [5, 5.41) is 16.9. The van der Waals surface area contributed by atoms with Crippen molar-refractivity contribution in [1.29, 1.82) is 0 Å². The Morgan fingerprint density at radius 2 is 1.36 bits per heavy atom. The van der Waals surface area contributed by atoms with Crippen molar-refractivity contribution < 1.29 is 19.8 Å². The standard InChI is InChI=1S/C6H10O4Se/c1-3(5(7)8)11-4(2)6(9)10/h3-4H,1-2H3,(H,7,8)(H,9,10)/t3-,4+. The van der Waals surface area contributed by atoms with Gasteiger partial charge in [0, 0.05) is 0 Å². The summed E-state index contributed by atoms with van der Waals surface area (Å²) in [4.78, 5) is 19.5. The number of hydrogen-bond acceptors (Lipinski definition) is 2. The molecule has 0 unspecified atom stereocenters. The van der Waals surface area contributed by atoms with Crippen molar-refractivity contribution in [2.45, 2.75) is 23.5 Å². The first-order valence-electron chi connectivity index (χ1n) is 3.06. The molecule has 0 aromatic carbocycles. The number of hydrogen-bond donors (Lipinski definition) is 2. The zero-order valence-electron chi connectivity index (χ0n) is 6.27. The van der Waals surface area contributed by atoms with E-state index in [1.807, 2.05) is 0 Å². The van der Waals surface area contributed by atoms with E-state index in [0.717, 1.165) is 0 Å². The van der Waals surface area contributed by atoms with Gasteiger partial charge in [0.05, 0.1) is 0 Å². The van der Waals surface area contributed by atoms with Crippen LogP contribution in [0.15, 0.2) is 0 Å². The molecule has 0 heterocycles. The van der Waals surface area contributed by atoms with Crippen LogP contribution in [0.3, 0.4) is 0 Å². The Balaban J connectivity index is 3.84. The minimum absolute atomic E-state index is 0.363. The van der Waals surface area contributed by atoms with Crippen LogP contribution in [0.2, 0.25) is 9.63 Å². The number of carbonyl (C=O) groups is 2. The average molecular weight is 225 g/mol. The molecule has 0 aliphatic rings. The predicted molar refractivity (Wildman–Crippen MR) is 39.9 cm³/mol. The third-order valence-electron chi connectivity index (χ3n) is 1.10. The van der Waals surface area contributed by atoms with Crippen molar-refractivity contribution >= 4 is 26.9 Å². The molecule has 0 radical (unpaired) electrons. The molecule has 0 saturated heterocycles. The van der Waals surface area contributed by atoms with E-state index in [0.29, 0.717) is 0 Å². The normalized spacial score (nSPS) is 15.5. The molecular formula is C6H10O4Se. The summed E-state index contributed by atoms with van der Waals surface area (Å²) in [6.07, 6.45) is 0. The van der Waals surface area contributed by atoms with E-state index in [9.17, 15) is 9.59 Å². The van der Waals surface area contributed by atoms with E-state index in [-0.39, 0.29) is 15.0 Å². The van der Waals surface area contributed by atoms with Crippen LogP contribution in [-0.2, 0) is 9.59 Å². The maximum absolute atomic E-state index is 10.3. The first-order chi connectivity index (χ1) is 4.95. The van der Waals surface area contributed by atoms with Gasteiger partial charge in [0.25, 0.3) is 0 Å². The van der Waals surface area contributed by atoms with Crippen molar-refractivity contribution in [3.63, 3.8) is 0 Å². The molecule has 11 heavy (non-hydrogen) atoms. The van der Waals surface area contributed by atoms with Gasteiger partial charge in [-0.3, -0.25) is 0 Å². The van der Waals surface area contributed by atoms with Crippen LogP contribution in [-0.4, -0.2) is 37.1 Å². The van der Waals surface area contributed by atoms with Gasteiger partial charge in [-0.25, -0.2) is 0 Å². The third kappa shape index (κ3) is 4.01. The van der Waals surface area contributed by atoms with E-state index >= 15 is 0 Å². The predicted octanol–water partition coefficient (Wildman–Crippen LogP) is 0.477. The maximum atomic E-state index is 10.3. The Morgan fingerprint density at radius 3 is 1.55 bits per heavy atom. The van der Waals surface area contributed by atoms with Gasteiger partial charge in [-0.2, -0.15) is 0 Å². The van der Waals surface area contributed by atoms with Crippen LogP contribution in [0, 0.1) is 0 Å². The summed E-state index contributed by atoms with van der Waals surface area (Å²) in [5.74, 6) is -1.84. The molecule has 0 aromatic heterocycles. The van der Waals surface area contributed by atoms with Crippen LogP contribution >= 0.6 is 0 Å². The summed E-state index contributed by atoms with van der Waals surface area (Å²) in [6, 6.07) is 0. The molecule has 64 valence electrons. The molecule has 0 aliphatic carbocycles. The van der Waals surface area contributed by atoms with Gasteiger partial charge in [0.2, 0.25) is 0 Å². The van der Waals surface area contributed by atoms with Crippen LogP contribution in [0.4, 0.5) is 0 Å². The Bertz CT molecular complexity index is 150. The van der Waals surface area contributed by atoms with E-state index in [1.54, 1.807) is 0 Å². The Labute approximate surface area is 70.8 Å². The van der Waals surface area contributed by atoms with Gasteiger partial charge < -0.3 is 0 Å². The molecular weight excluding hydrogens is 215 g/mol. The SMILES string of the molecule is C[C@H]([Se][C@H](C)C(=O)O)C(=O)O. The fourth-order valence-corrected chi connectivity index (χ4v) is 2.20. The summed E-state index contributed by atoms with van der Waals surface area (Å²) >= 11 is -0.363. The van der Waals surface area contributed by atoms with E-state index in [1.165, 1.54) is 13.8 Å². The quantitative estimate of drug-likeness (QED) is 0.682. The molecule has 0 rings (SSSR count). The van der Waals surface area contributed by atoms with Crippen molar-refractivity contribution in [3.05, 3.63) is 0 Å². The molecule has 0 spiro atoms. The zero-order valence-corrected chi connectivity index (χ0v) is 7.99. The van der Waals surface area contributed by atoms with Crippen molar-refractivity contribution in [1.82, 2.24) is 0 Å². The van der Waals surface area contributed by atoms with Gasteiger partial charge in [0.15, 0.2) is 0 Å². The number of carboxylic acid groups (broad SMARTS) is 2. The van der Waals surface area contributed by atoms with E-state index in [4.69, 9.17) is 10.2 Å². The second-order valence-corrected chi connectivity index (χ2v) is 5.64.